The fraction of sp³-hybridized carbons (Fsp3) is 0.524. The maximum Gasteiger partial charge on any atom is 0.0930 e. The lowest BCUT2D eigenvalue weighted by Gasteiger charge is -2.51. The molecule has 4 heteroatoms. The van der Waals surface area contributed by atoms with Gasteiger partial charge in [0.1, 0.15) is 0 Å². The molecule has 138 valence electrons. The second-order valence-corrected chi connectivity index (χ2v) is 7.81. The van der Waals surface area contributed by atoms with Crippen LogP contribution >= 0.6 is 0 Å². The van der Waals surface area contributed by atoms with Crippen molar-refractivity contribution < 1.29 is 10.2 Å². The third-order valence-corrected chi connectivity index (χ3v) is 5.59. The van der Waals surface area contributed by atoms with Crippen LogP contribution in [0.5, 0.6) is 0 Å². The van der Waals surface area contributed by atoms with Crippen molar-refractivity contribution in [1.82, 2.24) is 0 Å². The summed E-state index contributed by atoms with van der Waals surface area (Å²) in [5.41, 5.74) is 14.8. The van der Waals surface area contributed by atoms with Gasteiger partial charge in [0, 0.05) is 11.8 Å². The van der Waals surface area contributed by atoms with E-state index in [0.29, 0.717) is 6.42 Å². The summed E-state index contributed by atoms with van der Waals surface area (Å²) in [6, 6.07) is 7.96. The molecule has 1 aromatic carbocycles. The van der Waals surface area contributed by atoms with Crippen molar-refractivity contribution in [3.63, 3.8) is 0 Å². The molecule has 6 N–H and O–H groups in total. The van der Waals surface area contributed by atoms with Crippen molar-refractivity contribution in [2.75, 3.05) is 6.61 Å². The van der Waals surface area contributed by atoms with Gasteiger partial charge in [0.2, 0.25) is 0 Å². The molecule has 1 aliphatic carbocycles. The van der Waals surface area contributed by atoms with Crippen LogP contribution in [0, 0.1) is 17.3 Å². The number of benzene rings is 1. The van der Waals surface area contributed by atoms with Crippen LogP contribution in [-0.4, -0.2) is 28.6 Å². The third-order valence-electron chi connectivity index (χ3n) is 5.59. The fourth-order valence-electron chi connectivity index (χ4n) is 4.27. The largest absolute Gasteiger partial charge is 0.394 e. The molecule has 0 spiro atoms. The Kier molecular flexibility index (Phi) is 5.89. The van der Waals surface area contributed by atoms with E-state index in [-0.39, 0.29) is 23.9 Å². The van der Waals surface area contributed by atoms with E-state index in [2.05, 4.69) is 33.8 Å². The summed E-state index contributed by atoms with van der Waals surface area (Å²) in [7, 11) is 0. The number of allylic oxidation sites excluding steroid dienone is 2. The Bertz CT molecular complexity index is 652. The lowest BCUT2D eigenvalue weighted by Crippen LogP contribution is -2.65. The van der Waals surface area contributed by atoms with E-state index >= 15 is 0 Å². The first kappa shape index (κ1) is 19.9. The first-order chi connectivity index (χ1) is 11.7. The van der Waals surface area contributed by atoms with Crippen molar-refractivity contribution >= 4 is 5.57 Å². The summed E-state index contributed by atoms with van der Waals surface area (Å²) in [6.07, 6.45) is 5.74. The molecule has 1 atom stereocenters. The molecule has 4 nitrogen and oxygen atoms in total. The van der Waals surface area contributed by atoms with Crippen molar-refractivity contribution in [3.8, 4) is 0 Å². The van der Waals surface area contributed by atoms with Crippen LogP contribution in [0.3, 0.4) is 0 Å². The van der Waals surface area contributed by atoms with E-state index in [0.717, 1.165) is 16.7 Å². The summed E-state index contributed by atoms with van der Waals surface area (Å²) in [6.45, 7) is 8.37. The molecule has 0 saturated heterocycles. The first-order valence-corrected chi connectivity index (χ1v) is 9.02. The minimum Gasteiger partial charge on any atom is -0.394 e. The van der Waals surface area contributed by atoms with Crippen LogP contribution in [-0.2, 0) is 6.42 Å². The number of rotatable bonds is 6. The molecule has 0 fully saturated rings. The summed E-state index contributed by atoms with van der Waals surface area (Å²) in [4.78, 5) is 0. The zero-order valence-corrected chi connectivity index (χ0v) is 15.7. The molecule has 0 bridgehead atoms. The number of hydrogen-bond donors (Lipinski definition) is 4. The standard InChI is InChI=1S/C21H32N2O2/c1-14(2)20(15(3)4)12-17(9-10-21(20,22)23)19-8-6-5-7-16(19)11-18(25)13-24/h5-10,12,14-15,18,24-25H,11,13,22-23H2,1-4H3. The van der Waals surface area contributed by atoms with E-state index in [1.165, 1.54) is 0 Å². The highest BCUT2D eigenvalue weighted by atomic mass is 16.3. The lowest BCUT2D eigenvalue weighted by atomic mass is 9.58. The monoisotopic (exact) mass is 344 g/mol. The molecular formula is C21H32N2O2. The number of nitrogens with two attached hydrogens (primary N) is 2. The molecular weight excluding hydrogens is 312 g/mol. The van der Waals surface area contributed by atoms with E-state index in [4.69, 9.17) is 11.5 Å². The van der Waals surface area contributed by atoms with Gasteiger partial charge < -0.3 is 21.7 Å². The SMILES string of the molecule is CC(C)C1(C(C)C)C=C(c2ccccc2CC(O)CO)C=CC1(N)N. The number of hydrogen-bond acceptors (Lipinski definition) is 4. The predicted octanol–water partition coefficient (Wildman–Crippen LogP) is 2.45. The van der Waals surface area contributed by atoms with Crippen LogP contribution in [0.25, 0.3) is 5.57 Å². The summed E-state index contributed by atoms with van der Waals surface area (Å²) in [5.74, 6) is 0.523. The van der Waals surface area contributed by atoms with Gasteiger partial charge in [0.25, 0.3) is 0 Å². The van der Waals surface area contributed by atoms with Gasteiger partial charge in [-0.05, 0) is 34.6 Å². The Morgan fingerprint density at radius 2 is 1.64 bits per heavy atom. The molecule has 2 rings (SSSR count). The predicted molar refractivity (Wildman–Crippen MR) is 104 cm³/mol. The van der Waals surface area contributed by atoms with E-state index in [1.807, 2.05) is 36.4 Å². The summed E-state index contributed by atoms with van der Waals surface area (Å²) >= 11 is 0. The Balaban J connectivity index is 2.57. The minimum absolute atomic E-state index is 0.250. The van der Waals surface area contributed by atoms with Gasteiger partial charge in [-0.25, -0.2) is 0 Å². The second kappa shape index (κ2) is 7.42. The van der Waals surface area contributed by atoms with Gasteiger partial charge in [0.05, 0.1) is 18.4 Å². The second-order valence-electron chi connectivity index (χ2n) is 7.81. The number of aliphatic hydroxyl groups is 2. The van der Waals surface area contributed by atoms with Crippen LogP contribution in [0.15, 0.2) is 42.5 Å². The van der Waals surface area contributed by atoms with Gasteiger partial charge in [-0.15, -0.1) is 0 Å². The van der Waals surface area contributed by atoms with Crippen molar-refractivity contribution in [2.45, 2.75) is 45.9 Å². The first-order valence-electron chi connectivity index (χ1n) is 9.02. The molecule has 0 aromatic heterocycles. The maximum absolute atomic E-state index is 9.87. The fourth-order valence-corrected chi connectivity index (χ4v) is 4.27. The van der Waals surface area contributed by atoms with Crippen molar-refractivity contribution in [3.05, 3.63) is 53.6 Å². The third kappa shape index (κ3) is 3.58. The molecule has 1 aromatic rings. The van der Waals surface area contributed by atoms with Crippen molar-refractivity contribution in [2.24, 2.45) is 28.7 Å². The highest BCUT2D eigenvalue weighted by Crippen LogP contribution is 2.48. The molecule has 0 amide bonds. The maximum atomic E-state index is 9.87. The minimum atomic E-state index is -0.918. The quantitative estimate of drug-likeness (QED) is 0.597. The zero-order chi connectivity index (χ0) is 18.8. The van der Waals surface area contributed by atoms with E-state index in [9.17, 15) is 10.2 Å². The molecule has 0 heterocycles. The van der Waals surface area contributed by atoms with Crippen LogP contribution < -0.4 is 11.5 Å². The average Bonchev–Trinajstić information content (AvgIpc) is 2.54. The molecule has 0 aliphatic heterocycles. The molecule has 25 heavy (non-hydrogen) atoms. The topological polar surface area (TPSA) is 92.5 Å². The summed E-state index contributed by atoms with van der Waals surface area (Å²) < 4.78 is 0. The zero-order valence-electron chi connectivity index (χ0n) is 15.7. The molecule has 0 saturated carbocycles. The Morgan fingerprint density at radius 1 is 1.04 bits per heavy atom. The smallest absolute Gasteiger partial charge is 0.0930 e. The van der Waals surface area contributed by atoms with Gasteiger partial charge in [-0.2, -0.15) is 0 Å². The highest BCUT2D eigenvalue weighted by Gasteiger charge is 2.49. The van der Waals surface area contributed by atoms with Gasteiger partial charge in [-0.3, -0.25) is 0 Å². The Hall–Kier alpha value is -1.46. The normalized spacial score (nSPS) is 20.0. The van der Waals surface area contributed by atoms with E-state index < -0.39 is 11.8 Å². The molecule has 1 aliphatic rings. The number of aliphatic hydroxyl groups excluding tert-OH is 2. The van der Waals surface area contributed by atoms with Gasteiger partial charge in [0.15, 0.2) is 0 Å². The molecule has 0 radical (unpaired) electrons. The van der Waals surface area contributed by atoms with Crippen molar-refractivity contribution in [1.29, 1.82) is 0 Å². The van der Waals surface area contributed by atoms with E-state index in [1.54, 1.807) is 0 Å². The van der Waals surface area contributed by atoms with Crippen LogP contribution in [0.4, 0.5) is 0 Å². The van der Waals surface area contributed by atoms with Gasteiger partial charge in [-0.1, -0.05) is 64.1 Å². The van der Waals surface area contributed by atoms with Crippen LogP contribution in [0.1, 0.15) is 38.8 Å². The lowest BCUT2D eigenvalue weighted by molar-refractivity contribution is 0.0929. The van der Waals surface area contributed by atoms with Crippen LogP contribution in [0.2, 0.25) is 0 Å². The van der Waals surface area contributed by atoms with Gasteiger partial charge >= 0.3 is 0 Å². The highest BCUT2D eigenvalue weighted by molar-refractivity contribution is 5.78. The molecule has 1 unspecified atom stereocenters. The average molecular weight is 344 g/mol. The summed E-state index contributed by atoms with van der Waals surface area (Å²) in [5, 5.41) is 19.1. The Labute approximate surface area is 151 Å². The Morgan fingerprint density at radius 3 is 2.20 bits per heavy atom.